The summed E-state index contributed by atoms with van der Waals surface area (Å²) in [7, 11) is 2.08. The lowest BCUT2D eigenvalue weighted by atomic mass is 9.98. The molecule has 1 aliphatic carbocycles. The number of nitrogens with zero attached hydrogens (tertiary/aromatic N) is 2. The van der Waals surface area contributed by atoms with E-state index in [-0.39, 0.29) is 5.91 Å². The van der Waals surface area contributed by atoms with Gasteiger partial charge in [0.25, 0.3) is 5.91 Å². The molecule has 1 aliphatic heterocycles. The Labute approximate surface area is 179 Å². The predicted octanol–water partition coefficient (Wildman–Crippen LogP) is 4.47. The number of rotatable bonds is 6. The highest BCUT2D eigenvalue weighted by Gasteiger charge is 2.34. The van der Waals surface area contributed by atoms with Gasteiger partial charge in [-0.05, 0) is 49.3 Å². The third-order valence-electron chi connectivity index (χ3n) is 5.28. The first-order valence-corrected chi connectivity index (χ1v) is 10.7. The molecule has 0 unspecified atom stereocenters. The Hall–Kier alpha value is -2.44. The fraction of sp³-hybridized carbons (Fsp3) is 0.304. The van der Waals surface area contributed by atoms with Crippen molar-refractivity contribution >= 4 is 38.8 Å². The van der Waals surface area contributed by atoms with Crippen molar-refractivity contribution in [2.24, 2.45) is 5.16 Å². The first-order chi connectivity index (χ1) is 14.1. The number of hydrogen-bond acceptors (Lipinski definition) is 4. The van der Waals surface area contributed by atoms with Crippen LogP contribution in [0.1, 0.15) is 30.0 Å². The number of nitrogens with one attached hydrogen (secondary N) is 1. The van der Waals surface area contributed by atoms with Crippen molar-refractivity contribution in [2.75, 3.05) is 32.1 Å². The SMILES string of the molecule is CCCN(C)CCON=C1/C(=C2/C(=O)Nc3ccc(Br)cc32)Cc2ccccc21. The molecule has 1 heterocycles. The van der Waals surface area contributed by atoms with E-state index in [0.717, 1.165) is 57.6 Å². The number of carbonyl (C=O) groups is 1. The number of carbonyl (C=O) groups excluding carboxylic acids is 1. The molecule has 0 radical (unpaired) electrons. The lowest BCUT2D eigenvalue weighted by molar-refractivity contribution is -0.110. The molecule has 6 heteroatoms. The highest BCUT2D eigenvalue weighted by atomic mass is 79.9. The molecular weight excluding hydrogens is 430 g/mol. The summed E-state index contributed by atoms with van der Waals surface area (Å²) in [4.78, 5) is 20.8. The molecule has 0 fully saturated rings. The van der Waals surface area contributed by atoms with E-state index in [2.05, 4.69) is 51.3 Å². The van der Waals surface area contributed by atoms with Gasteiger partial charge in [0.2, 0.25) is 0 Å². The van der Waals surface area contributed by atoms with E-state index in [1.54, 1.807) is 0 Å². The van der Waals surface area contributed by atoms with Crippen molar-refractivity contribution < 1.29 is 9.63 Å². The second kappa shape index (κ2) is 8.51. The highest BCUT2D eigenvalue weighted by molar-refractivity contribution is 9.10. The van der Waals surface area contributed by atoms with E-state index in [4.69, 9.17) is 4.84 Å². The molecule has 0 saturated carbocycles. The monoisotopic (exact) mass is 453 g/mol. The normalized spacial score (nSPS) is 18.9. The summed E-state index contributed by atoms with van der Waals surface area (Å²) in [6.45, 7) is 4.52. The lowest BCUT2D eigenvalue weighted by Gasteiger charge is -2.14. The van der Waals surface area contributed by atoms with E-state index >= 15 is 0 Å². The summed E-state index contributed by atoms with van der Waals surface area (Å²) in [5.74, 6) is -0.0868. The van der Waals surface area contributed by atoms with Gasteiger partial charge in [0.15, 0.2) is 0 Å². The molecule has 1 N–H and O–H groups in total. The maximum absolute atomic E-state index is 12.8. The average Bonchev–Trinajstić information content (AvgIpc) is 3.21. The molecule has 29 heavy (non-hydrogen) atoms. The minimum atomic E-state index is -0.0868. The van der Waals surface area contributed by atoms with Crippen molar-refractivity contribution in [3.05, 3.63) is 69.2 Å². The Balaban J connectivity index is 1.70. The van der Waals surface area contributed by atoms with Crippen molar-refractivity contribution in [1.29, 1.82) is 0 Å². The molecule has 0 bridgehead atoms. The van der Waals surface area contributed by atoms with Gasteiger partial charge in [-0.1, -0.05) is 52.3 Å². The molecule has 2 aromatic rings. The molecule has 2 aromatic carbocycles. The summed E-state index contributed by atoms with van der Waals surface area (Å²) in [6, 6.07) is 14.0. The van der Waals surface area contributed by atoms with Gasteiger partial charge in [0, 0.05) is 34.3 Å². The molecule has 150 valence electrons. The van der Waals surface area contributed by atoms with Gasteiger partial charge in [-0.2, -0.15) is 0 Å². The van der Waals surface area contributed by atoms with Gasteiger partial charge in [0.05, 0.1) is 5.57 Å². The number of benzene rings is 2. The predicted molar refractivity (Wildman–Crippen MR) is 120 cm³/mol. The molecule has 0 aromatic heterocycles. The molecular formula is C23H24BrN3O2. The van der Waals surface area contributed by atoms with Gasteiger partial charge in [0.1, 0.15) is 12.3 Å². The molecule has 0 atom stereocenters. The Morgan fingerprint density at radius 1 is 1.17 bits per heavy atom. The topological polar surface area (TPSA) is 53.9 Å². The fourth-order valence-corrected chi connectivity index (χ4v) is 4.25. The summed E-state index contributed by atoms with van der Waals surface area (Å²) in [5, 5.41) is 7.47. The minimum absolute atomic E-state index is 0.0868. The van der Waals surface area contributed by atoms with Crippen LogP contribution in [0.4, 0.5) is 5.69 Å². The molecule has 0 saturated heterocycles. The van der Waals surface area contributed by atoms with Gasteiger partial charge >= 0.3 is 0 Å². The molecule has 2 aliphatic rings. The van der Waals surface area contributed by atoms with Crippen LogP contribution in [0.5, 0.6) is 0 Å². The van der Waals surface area contributed by atoms with Crippen molar-refractivity contribution in [3.63, 3.8) is 0 Å². The zero-order valence-corrected chi connectivity index (χ0v) is 18.3. The van der Waals surface area contributed by atoms with E-state index < -0.39 is 0 Å². The quantitative estimate of drug-likeness (QED) is 0.398. The maximum Gasteiger partial charge on any atom is 0.256 e. The van der Waals surface area contributed by atoms with Gasteiger partial charge in [-0.3, -0.25) is 4.79 Å². The van der Waals surface area contributed by atoms with Crippen LogP contribution in [0.25, 0.3) is 5.57 Å². The number of oxime groups is 1. The van der Waals surface area contributed by atoms with Gasteiger partial charge < -0.3 is 15.1 Å². The standard InChI is InChI=1S/C23H24BrN3O2/c1-3-10-27(2)11-12-29-26-22-17-7-5-4-6-15(17)13-19(22)21-18-14-16(24)8-9-20(18)25-23(21)28/h4-9,14H,3,10-13H2,1-2H3,(H,25,28)/b21-19+,26-22?. The van der Waals surface area contributed by atoms with Gasteiger partial charge in [-0.15, -0.1) is 0 Å². The second-order valence-electron chi connectivity index (χ2n) is 7.41. The van der Waals surface area contributed by atoms with Crippen LogP contribution in [-0.4, -0.2) is 43.3 Å². The summed E-state index contributed by atoms with van der Waals surface area (Å²) >= 11 is 3.52. The van der Waals surface area contributed by atoms with Crippen LogP contribution >= 0.6 is 15.9 Å². The van der Waals surface area contributed by atoms with Crippen LogP contribution in [0.2, 0.25) is 0 Å². The number of allylic oxidation sites excluding steroid dienone is 1. The Morgan fingerprint density at radius 2 is 2.00 bits per heavy atom. The largest absolute Gasteiger partial charge is 0.394 e. The van der Waals surface area contributed by atoms with E-state index in [9.17, 15) is 4.79 Å². The lowest BCUT2D eigenvalue weighted by Crippen LogP contribution is -2.23. The highest BCUT2D eigenvalue weighted by Crippen LogP contribution is 2.40. The number of halogens is 1. The molecule has 5 nitrogen and oxygen atoms in total. The van der Waals surface area contributed by atoms with Crippen LogP contribution in [0, 0.1) is 0 Å². The number of hydrogen-bond donors (Lipinski definition) is 1. The first kappa shape index (κ1) is 19.9. The smallest absolute Gasteiger partial charge is 0.256 e. The molecule has 1 amide bonds. The van der Waals surface area contributed by atoms with Crippen LogP contribution in [0.15, 0.2) is 57.7 Å². The third-order valence-corrected chi connectivity index (χ3v) is 5.77. The van der Waals surface area contributed by atoms with E-state index in [1.807, 2.05) is 36.4 Å². The number of fused-ring (bicyclic) bond motifs is 2. The molecule has 0 spiro atoms. The number of likely N-dealkylation sites (N-methyl/N-ethyl adjacent to an activating group) is 1. The van der Waals surface area contributed by atoms with E-state index in [0.29, 0.717) is 18.6 Å². The van der Waals surface area contributed by atoms with Crippen LogP contribution < -0.4 is 5.32 Å². The van der Waals surface area contributed by atoms with Gasteiger partial charge in [-0.25, -0.2) is 0 Å². The van der Waals surface area contributed by atoms with Crippen LogP contribution in [-0.2, 0) is 16.1 Å². The zero-order chi connectivity index (χ0) is 20.4. The summed E-state index contributed by atoms with van der Waals surface area (Å²) < 4.78 is 0.940. The maximum atomic E-state index is 12.8. The minimum Gasteiger partial charge on any atom is -0.394 e. The van der Waals surface area contributed by atoms with Crippen molar-refractivity contribution in [1.82, 2.24) is 4.90 Å². The fourth-order valence-electron chi connectivity index (χ4n) is 3.89. The number of anilines is 1. The Morgan fingerprint density at radius 3 is 2.83 bits per heavy atom. The first-order valence-electron chi connectivity index (χ1n) is 9.90. The molecule has 4 rings (SSSR count). The third kappa shape index (κ3) is 4.00. The Kier molecular flexibility index (Phi) is 5.83. The average molecular weight is 454 g/mol. The Bertz CT molecular complexity index is 1010. The zero-order valence-electron chi connectivity index (χ0n) is 16.7. The second-order valence-corrected chi connectivity index (χ2v) is 8.32. The van der Waals surface area contributed by atoms with E-state index in [1.165, 1.54) is 0 Å². The van der Waals surface area contributed by atoms with Crippen molar-refractivity contribution in [3.8, 4) is 0 Å². The summed E-state index contributed by atoms with van der Waals surface area (Å²) in [5.41, 5.74) is 6.30. The number of amides is 1. The van der Waals surface area contributed by atoms with Crippen molar-refractivity contribution in [2.45, 2.75) is 19.8 Å². The summed E-state index contributed by atoms with van der Waals surface area (Å²) in [6.07, 6.45) is 1.78. The van der Waals surface area contributed by atoms with Crippen LogP contribution in [0.3, 0.4) is 0 Å².